The van der Waals surface area contributed by atoms with Crippen LogP contribution in [0.4, 0.5) is 5.82 Å². The zero-order valence-electron chi connectivity index (χ0n) is 10.5. The lowest BCUT2D eigenvalue weighted by molar-refractivity contribution is 0.621. The van der Waals surface area contributed by atoms with Crippen molar-refractivity contribution in [3.05, 3.63) is 23.9 Å². The van der Waals surface area contributed by atoms with Gasteiger partial charge in [0.2, 0.25) is 0 Å². The molecular weight excluding hydrogens is 212 g/mol. The highest BCUT2D eigenvalue weighted by Crippen LogP contribution is 2.30. The minimum absolute atomic E-state index is 0.0746. The van der Waals surface area contributed by atoms with Crippen molar-refractivity contribution in [3.8, 4) is 0 Å². The third-order valence-electron chi connectivity index (χ3n) is 3.58. The molecule has 1 aromatic heterocycles. The second-order valence-corrected chi connectivity index (χ2v) is 4.71. The van der Waals surface area contributed by atoms with Gasteiger partial charge in [0.05, 0.1) is 0 Å². The van der Waals surface area contributed by atoms with Crippen molar-refractivity contribution < 1.29 is 0 Å². The first-order chi connectivity index (χ1) is 8.13. The number of nitrogens with one attached hydrogen (secondary N) is 1. The molecule has 1 fully saturated rings. The number of hydrogen-bond acceptors (Lipinski definition) is 3. The highest BCUT2D eigenvalue weighted by Gasteiger charge is 2.29. The number of nitrogens with zero attached hydrogens (tertiary/aromatic N) is 2. The predicted molar refractivity (Wildman–Crippen MR) is 70.5 cm³/mol. The van der Waals surface area contributed by atoms with Gasteiger partial charge in [0.1, 0.15) is 11.7 Å². The molecule has 17 heavy (non-hydrogen) atoms. The standard InChI is InChI=1S/C13H20N4/c1-3-11-6-4-9(2)17(11)12-7-5-10(8-16-12)13(14)15/h5,7-9,11H,3-4,6H2,1-2H3,(H3,14,15). The fourth-order valence-electron chi connectivity index (χ4n) is 2.58. The summed E-state index contributed by atoms with van der Waals surface area (Å²) in [5, 5.41) is 7.35. The summed E-state index contributed by atoms with van der Waals surface area (Å²) in [7, 11) is 0. The summed E-state index contributed by atoms with van der Waals surface area (Å²) in [5.41, 5.74) is 6.12. The van der Waals surface area contributed by atoms with Gasteiger partial charge in [-0.05, 0) is 38.3 Å². The Morgan fingerprint density at radius 3 is 2.82 bits per heavy atom. The molecule has 4 heteroatoms. The molecule has 4 nitrogen and oxygen atoms in total. The van der Waals surface area contributed by atoms with Crippen LogP contribution in [-0.4, -0.2) is 22.9 Å². The number of anilines is 1. The van der Waals surface area contributed by atoms with Crippen LogP contribution in [0.1, 0.15) is 38.7 Å². The summed E-state index contributed by atoms with van der Waals surface area (Å²) < 4.78 is 0. The molecule has 2 rings (SSSR count). The lowest BCUT2D eigenvalue weighted by atomic mass is 10.1. The Balaban J connectivity index is 2.24. The van der Waals surface area contributed by atoms with Crippen LogP contribution in [0.15, 0.2) is 18.3 Å². The van der Waals surface area contributed by atoms with E-state index < -0.39 is 0 Å². The van der Waals surface area contributed by atoms with Crippen LogP contribution in [0.2, 0.25) is 0 Å². The van der Waals surface area contributed by atoms with Crippen LogP contribution < -0.4 is 10.6 Å². The number of nitrogens with two attached hydrogens (primary N) is 1. The average molecular weight is 232 g/mol. The summed E-state index contributed by atoms with van der Waals surface area (Å²) in [6, 6.07) is 5.00. The first-order valence-corrected chi connectivity index (χ1v) is 6.22. The van der Waals surface area contributed by atoms with Crippen molar-refractivity contribution in [2.75, 3.05) is 4.90 Å². The molecule has 3 N–H and O–H groups in total. The van der Waals surface area contributed by atoms with Crippen molar-refractivity contribution in [1.82, 2.24) is 4.98 Å². The van der Waals surface area contributed by atoms with Gasteiger partial charge in [0.25, 0.3) is 0 Å². The first-order valence-electron chi connectivity index (χ1n) is 6.22. The van der Waals surface area contributed by atoms with E-state index in [4.69, 9.17) is 11.1 Å². The van der Waals surface area contributed by atoms with E-state index in [0.29, 0.717) is 17.6 Å². The van der Waals surface area contributed by atoms with E-state index in [1.54, 1.807) is 6.20 Å². The Kier molecular flexibility index (Phi) is 3.31. The highest BCUT2D eigenvalue weighted by atomic mass is 15.2. The van der Waals surface area contributed by atoms with Crippen molar-refractivity contribution in [2.45, 2.75) is 45.2 Å². The third-order valence-corrected chi connectivity index (χ3v) is 3.58. The Bertz CT molecular complexity index is 398. The van der Waals surface area contributed by atoms with Gasteiger partial charge in [0, 0.05) is 23.8 Å². The van der Waals surface area contributed by atoms with Gasteiger partial charge < -0.3 is 10.6 Å². The van der Waals surface area contributed by atoms with E-state index in [2.05, 4.69) is 23.7 Å². The highest BCUT2D eigenvalue weighted by molar-refractivity contribution is 5.94. The van der Waals surface area contributed by atoms with Crippen LogP contribution in [0.3, 0.4) is 0 Å². The molecule has 0 saturated carbocycles. The molecule has 1 aliphatic heterocycles. The van der Waals surface area contributed by atoms with Gasteiger partial charge in [-0.2, -0.15) is 0 Å². The van der Waals surface area contributed by atoms with E-state index in [0.717, 1.165) is 12.2 Å². The molecule has 92 valence electrons. The van der Waals surface area contributed by atoms with E-state index in [-0.39, 0.29) is 5.84 Å². The number of rotatable bonds is 3. The molecule has 0 spiro atoms. The van der Waals surface area contributed by atoms with Crippen molar-refractivity contribution in [3.63, 3.8) is 0 Å². The Labute approximate surface area is 102 Å². The van der Waals surface area contributed by atoms with Gasteiger partial charge in [-0.1, -0.05) is 6.92 Å². The van der Waals surface area contributed by atoms with Gasteiger partial charge in [0.15, 0.2) is 0 Å². The molecule has 2 heterocycles. The Hall–Kier alpha value is -1.58. The summed E-state index contributed by atoms with van der Waals surface area (Å²) in [6.45, 7) is 4.47. The van der Waals surface area contributed by atoms with Gasteiger partial charge in [-0.15, -0.1) is 0 Å². The Morgan fingerprint density at radius 2 is 2.29 bits per heavy atom. The molecule has 2 atom stereocenters. The van der Waals surface area contributed by atoms with Crippen molar-refractivity contribution >= 4 is 11.7 Å². The quantitative estimate of drug-likeness (QED) is 0.619. The molecule has 0 bridgehead atoms. The van der Waals surface area contributed by atoms with E-state index in [9.17, 15) is 0 Å². The smallest absolute Gasteiger partial charge is 0.129 e. The first kappa shape index (κ1) is 11.9. The Morgan fingerprint density at radius 1 is 1.53 bits per heavy atom. The number of amidine groups is 1. The monoisotopic (exact) mass is 232 g/mol. The van der Waals surface area contributed by atoms with Crippen LogP contribution in [0, 0.1) is 5.41 Å². The lowest BCUT2D eigenvalue weighted by Crippen LogP contribution is -2.34. The summed E-state index contributed by atoms with van der Waals surface area (Å²) in [4.78, 5) is 6.83. The summed E-state index contributed by atoms with van der Waals surface area (Å²) in [5.74, 6) is 1.08. The molecule has 1 aliphatic rings. The number of pyridine rings is 1. The maximum atomic E-state index is 7.35. The maximum absolute atomic E-state index is 7.35. The topological polar surface area (TPSA) is 66.0 Å². The minimum Gasteiger partial charge on any atom is -0.384 e. The molecular formula is C13H20N4. The number of nitrogen functional groups attached to an aromatic ring is 1. The molecule has 1 aromatic rings. The number of aromatic nitrogens is 1. The van der Waals surface area contributed by atoms with Gasteiger partial charge >= 0.3 is 0 Å². The van der Waals surface area contributed by atoms with Crippen molar-refractivity contribution in [1.29, 1.82) is 5.41 Å². The molecule has 0 aliphatic carbocycles. The SMILES string of the molecule is CCC1CCC(C)N1c1ccc(C(=N)N)cn1. The molecule has 0 radical (unpaired) electrons. The zero-order chi connectivity index (χ0) is 12.4. The largest absolute Gasteiger partial charge is 0.384 e. The molecule has 0 amide bonds. The van der Waals surface area contributed by atoms with Crippen LogP contribution in [0.5, 0.6) is 0 Å². The summed E-state index contributed by atoms with van der Waals surface area (Å²) in [6.07, 6.45) is 5.32. The minimum atomic E-state index is 0.0746. The fourth-order valence-corrected chi connectivity index (χ4v) is 2.58. The second kappa shape index (κ2) is 4.73. The fraction of sp³-hybridized carbons (Fsp3) is 0.538. The summed E-state index contributed by atoms with van der Waals surface area (Å²) >= 11 is 0. The van der Waals surface area contributed by atoms with Crippen LogP contribution in [-0.2, 0) is 0 Å². The molecule has 1 saturated heterocycles. The average Bonchev–Trinajstić information content (AvgIpc) is 2.70. The van der Waals surface area contributed by atoms with Gasteiger partial charge in [-0.3, -0.25) is 5.41 Å². The van der Waals surface area contributed by atoms with E-state index in [1.165, 1.54) is 12.8 Å². The van der Waals surface area contributed by atoms with Crippen LogP contribution in [0.25, 0.3) is 0 Å². The number of hydrogen-bond donors (Lipinski definition) is 2. The zero-order valence-corrected chi connectivity index (χ0v) is 10.5. The second-order valence-electron chi connectivity index (χ2n) is 4.71. The lowest BCUT2D eigenvalue weighted by Gasteiger charge is -2.29. The normalized spacial score (nSPS) is 24.0. The molecule has 2 unspecified atom stereocenters. The van der Waals surface area contributed by atoms with E-state index in [1.807, 2.05) is 12.1 Å². The molecule has 0 aromatic carbocycles. The van der Waals surface area contributed by atoms with Crippen LogP contribution >= 0.6 is 0 Å². The van der Waals surface area contributed by atoms with Crippen molar-refractivity contribution in [2.24, 2.45) is 5.73 Å². The third kappa shape index (κ3) is 2.25. The van der Waals surface area contributed by atoms with Gasteiger partial charge in [-0.25, -0.2) is 4.98 Å². The van der Waals surface area contributed by atoms with E-state index >= 15 is 0 Å². The maximum Gasteiger partial charge on any atom is 0.129 e. The predicted octanol–water partition coefficient (Wildman–Crippen LogP) is 2.13.